The van der Waals surface area contributed by atoms with Crippen LogP contribution in [0.15, 0.2) is 273 Å². The Morgan fingerprint density at radius 1 is 0.333 bits per heavy atom. The van der Waals surface area contributed by atoms with Crippen LogP contribution >= 0.6 is 0 Å². The number of carbonyl (C=O) groups excluding carboxylic acids is 3. The Balaban J connectivity index is 1.00. The molecule has 87 heavy (non-hydrogen) atoms. The first-order chi connectivity index (χ1) is 42.8. The number of aliphatic hydroxyl groups excluding tert-OH is 1. The van der Waals surface area contributed by atoms with Crippen molar-refractivity contribution in [1.29, 1.82) is 0 Å². The Morgan fingerprint density at radius 2 is 0.655 bits per heavy atom. The van der Waals surface area contributed by atoms with Crippen LogP contribution in [0.3, 0.4) is 0 Å². The summed E-state index contributed by atoms with van der Waals surface area (Å²) in [7, 11) is 0. The largest absolute Gasteiger partial charge is 0.452 e. The molecule has 14 heteroatoms. The summed E-state index contributed by atoms with van der Waals surface area (Å²) in [5, 5.41) is 12.1. The van der Waals surface area contributed by atoms with Gasteiger partial charge in [0.2, 0.25) is 0 Å². The van der Waals surface area contributed by atoms with Crippen molar-refractivity contribution in [1.82, 2.24) is 0 Å². The molecule has 0 unspecified atom stereocenters. The van der Waals surface area contributed by atoms with E-state index in [0.29, 0.717) is 0 Å². The molecule has 2 fully saturated rings. The summed E-state index contributed by atoms with van der Waals surface area (Å²) in [5.74, 6) is -2.56. The minimum Gasteiger partial charge on any atom is -0.452 e. The molecule has 0 bridgehead atoms. The first-order valence-electron chi connectivity index (χ1n) is 29.0. The maximum atomic E-state index is 14.4. The van der Waals surface area contributed by atoms with E-state index in [9.17, 15) is 19.5 Å². The zero-order valence-electron chi connectivity index (χ0n) is 47.5. The van der Waals surface area contributed by atoms with E-state index in [0.717, 1.165) is 33.4 Å². The van der Waals surface area contributed by atoms with Gasteiger partial charge in [-0.2, -0.15) is 0 Å². The summed E-state index contributed by atoms with van der Waals surface area (Å²) in [6.07, 6.45) is -13.7. The van der Waals surface area contributed by atoms with Gasteiger partial charge in [0, 0.05) is 0 Å². The summed E-state index contributed by atoms with van der Waals surface area (Å²) in [6.45, 7) is -0.272. The number of hydrogen-bond donors (Lipinski definition) is 1. The lowest BCUT2D eigenvalue weighted by Gasteiger charge is -2.48. The molecule has 10 atom stereocenters. The SMILES string of the molecule is O=C(O[C@@H]1[C@@H](OC(=O)c2ccccc2)[C@@H](O)O[C@H](CO[C@H]2O[C@H](COC(c3ccccc3)(c3ccccc3)c3ccccc3)[C@@H](OCc3ccccc3)[C@H](OCc3ccccc3)[C@H]2OCc2ccccc2)[C@H]1OC(=O)c1ccccc1)c1ccccc1. The quantitative estimate of drug-likeness (QED) is 0.0345. The summed E-state index contributed by atoms with van der Waals surface area (Å²) < 4.78 is 68.0. The molecule has 0 spiro atoms. The Morgan fingerprint density at radius 3 is 1.06 bits per heavy atom. The van der Waals surface area contributed by atoms with Gasteiger partial charge in [0.15, 0.2) is 30.9 Å². The van der Waals surface area contributed by atoms with Gasteiger partial charge in [-0.05, 0) is 69.8 Å². The van der Waals surface area contributed by atoms with Crippen molar-refractivity contribution in [2.75, 3.05) is 13.2 Å². The number of ether oxygens (including phenoxy) is 10. The third kappa shape index (κ3) is 14.8. The molecule has 0 saturated carbocycles. The summed E-state index contributed by atoms with van der Waals surface area (Å²) in [6, 6.07) is 83.6. The standard InChI is InChI=1S/C73H66O14/c74-68(54-34-16-4-17-35-54)85-63-60(83-71(77)66(87-70(76)56-38-20-6-21-39-56)65(63)86-69(75)55-36-18-5-19-37-55)49-81-72-67(80-48-53-32-14-3-15-33-53)64(79-47-52-30-12-2-13-31-52)62(78-46-51-28-10-1-11-29-51)61(84-72)50-82-73(57-40-22-7-23-41-57,58-42-24-8-25-43-58)59-44-26-9-27-45-59/h1-45,60-67,71-72,77H,46-50H2/t60-,61-,62-,63-,64+,65+,66-,67-,71+,72+/m1/s1. The fourth-order valence-corrected chi connectivity index (χ4v) is 10.9. The Kier molecular flexibility index (Phi) is 20.2. The predicted octanol–water partition coefficient (Wildman–Crippen LogP) is 11.9. The van der Waals surface area contributed by atoms with Crippen molar-refractivity contribution < 1.29 is 66.9 Å². The van der Waals surface area contributed by atoms with Gasteiger partial charge >= 0.3 is 17.9 Å². The van der Waals surface area contributed by atoms with Gasteiger partial charge < -0.3 is 52.5 Å². The van der Waals surface area contributed by atoms with E-state index in [1.807, 2.05) is 182 Å². The van der Waals surface area contributed by atoms with E-state index in [1.165, 1.54) is 12.1 Å². The van der Waals surface area contributed by atoms with Crippen molar-refractivity contribution >= 4 is 17.9 Å². The minimum absolute atomic E-state index is 0.0769. The van der Waals surface area contributed by atoms with E-state index in [-0.39, 0.29) is 43.1 Å². The van der Waals surface area contributed by atoms with Crippen LogP contribution in [0.2, 0.25) is 0 Å². The van der Waals surface area contributed by atoms with Crippen LogP contribution in [0.1, 0.15) is 64.5 Å². The fourth-order valence-electron chi connectivity index (χ4n) is 10.9. The number of benzene rings is 9. The normalized spacial score (nSPS) is 21.9. The van der Waals surface area contributed by atoms with Crippen LogP contribution in [-0.2, 0) is 72.8 Å². The number of rotatable bonds is 24. The Labute approximate surface area is 505 Å². The van der Waals surface area contributed by atoms with Crippen LogP contribution in [-0.4, -0.2) is 97.6 Å². The van der Waals surface area contributed by atoms with Gasteiger partial charge in [0.25, 0.3) is 0 Å². The molecule has 0 radical (unpaired) electrons. The van der Waals surface area contributed by atoms with Crippen molar-refractivity contribution in [2.45, 2.75) is 86.8 Å². The molecule has 2 saturated heterocycles. The Hall–Kier alpha value is -8.93. The lowest BCUT2D eigenvalue weighted by Crippen LogP contribution is -2.64. The average Bonchev–Trinajstić information content (AvgIpc) is 1.32. The number of hydrogen-bond acceptors (Lipinski definition) is 14. The highest BCUT2D eigenvalue weighted by atomic mass is 16.7. The number of esters is 3. The highest BCUT2D eigenvalue weighted by Gasteiger charge is 2.55. The van der Waals surface area contributed by atoms with E-state index in [1.54, 1.807) is 78.9 Å². The van der Waals surface area contributed by atoms with Crippen molar-refractivity contribution in [3.05, 3.63) is 323 Å². The fraction of sp³-hybridized carbons (Fsp3) is 0.219. The maximum Gasteiger partial charge on any atom is 0.338 e. The third-order valence-electron chi connectivity index (χ3n) is 15.2. The van der Waals surface area contributed by atoms with Gasteiger partial charge in [0.1, 0.15) is 36.1 Å². The van der Waals surface area contributed by atoms with Crippen LogP contribution in [0.25, 0.3) is 0 Å². The molecular weight excluding hydrogens is 1100 g/mol. The van der Waals surface area contributed by atoms with Crippen molar-refractivity contribution in [2.24, 2.45) is 0 Å². The van der Waals surface area contributed by atoms with E-state index >= 15 is 0 Å². The molecular formula is C73H66O14. The van der Waals surface area contributed by atoms with Gasteiger partial charge in [-0.25, -0.2) is 14.4 Å². The van der Waals surface area contributed by atoms with Gasteiger partial charge in [-0.3, -0.25) is 0 Å². The van der Waals surface area contributed by atoms with Crippen molar-refractivity contribution in [3.8, 4) is 0 Å². The first kappa shape index (κ1) is 59.8. The highest BCUT2D eigenvalue weighted by Crippen LogP contribution is 2.42. The number of carbonyl (C=O) groups is 3. The summed E-state index contributed by atoms with van der Waals surface area (Å²) in [5.41, 5.74) is 4.40. The predicted molar refractivity (Wildman–Crippen MR) is 323 cm³/mol. The second-order valence-corrected chi connectivity index (χ2v) is 21.0. The molecule has 1 N–H and O–H groups in total. The molecule has 2 heterocycles. The van der Waals surface area contributed by atoms with Crippen LogP contribution in [0, 0.1) is 0 Å². The van der Waals surface area contributed by atoms with Crippen LogP contribution < -0.4 is 0 Å². The topological polar surface area (TPSA) is 164 Å². The average molecular weight is 1170 g/mol. The van der Waals surface area contributed by atoms with Gasteiger partial charge in [0.05, 0.1) is 49.7 Å². The lowest BCUT2D eigenvalue weighted by molar-refractivity contribution is -0.343. The van der Waals surface area contributed by atoms with Gasteiger partial charge in [-0.15, -0.1) is 0 Å². The van der Waals surface area contributed by atoms with E-state index in [2.05, 4.69) is 0 Å². The second-order valence-electron chi connectivity index (χ2n) is 21.0. The molecule has 2 aliphatic rings. The van der Waals surface area contributed by atoms with Crippen molar-refractivity contribution in [3.63, 3.8) is 0 Å². The number of aliphatic hydroxyl groups is 1. The molecule has 9 aromatic carbocycles. The maximum absolute atomic E-state index is 14.4. The lowest BCUT2D eigenvalue weighted by atomic mass is 9.80. The molecule has 0 amide bonds. The van der Waals surface area contributed by atoms with E-state index in [4.69, 9.17) is 47.4 Å². The highest BCUT2D eigenvalue weighted by molar-refractivity contribution is 5.91. The smallest absolute Gasteiger partial charge is 0.338 e. The first-order valence-corrected chi connectivity index (χ1v) is 29.0. The molecule has 11 rings (SSSR count). The zero-order chi connectivity index (χ0) is 59.6. The molecule has 2 aliphatic heterocycles. The molecule has 14 nitrogen and oxygen atoms in total. The molecule has 0 aliphatic carbocycles. The Bertz CT molecular complexity index is 3440. The summed E-state index contributed by atoms with van der Waals surface area (Å²) >= 11 is 0. The van der Waals surface area contributed by atoms with Crippen LogP contribution in [0.4, 0.5) is 0 Å². The third-order valence-corrected chi connectivity index (χ3v) is 15.2. The minimum atomic E-state index is -1.97. The zero-order valence-corrected chi connectivity index (χ0v) is 47.5. The molecule has 442 valence electrons. The molecule has 9 aromatic rings. The second kappa shape index (κ2) is 29.4. The van der Waals surface area contributed by atoms with Crippen LogP contribution in [0.5, 0.6) is 0 Å². The molecule has 0 aromatic heterocycles. The monoisotopic (exact) mass is 1170 g/mol. The summed E-state index contributed by atoms with van der Waals surface area (Å²) in [4.78, 5) is 42.6. The van der Waals surface area contributed by atoms with E-state index < -0.39 is 91.5 Å². The van der Waals surface area contributed by atoms with Gasteiger partial charge in [-0.1, -0.05) is 237 Å².